The van der Waals surface area contributed by atoms with Crippen LogP contribution >= 0.6 is 0 Å². The van der Waals surface area contributed by atoms with E-state index in [-0.39, 0.29) is 23.4 Å². The third-order valence-electron chi connectivity index (χ3n) is 5.05. The van der Waals surface area contributed by atoms with Crippen molar-refractivity contribution in [3.05, 3.63) is 68.9 Å². The Balaban J connectivity index is 1.96. The number of para-hydroxylation sites is 1. The van der Waals surface area contributed by atoms with E-state index in [0.717, 1.165) is 16.5 Å². The molecule has 8 nitrogen and oxygen atoms in total. The van der Waals surface area contributed by atoms with Crippen LogP contribution in [0, 0.1) is 17.0 Å². The molecule has 0 saturated carbocycles. The van der Waals surface area contributed by atoms with Gasteiger partial charge in [0.2, 0.25) is 0 Å². The molecule has 2 heterocycles. The number of non-ortho nitro benzene ring substituents is 1. The summed E-state index contributed by atoms with van der Waals surface area (Å²) < 4.78 is 0. The quantitative estimate of drug-likeness (QED) is 0.416. The minimum atomic E-state index is -1.02. The minimum Gasteiger partial charge on any atom is -0.507 e. The molecule has 27 heavy (non-hydrogen) atoms. The van der Waals surface area contributed by atoms with E-state index >= 15 is 0 Å². The molecule has 3 aromatic rings. The maximum atomic E-state index is 11.7. The fraction of sp³-hybridized carbons (Fsp3) is 0.211. The summed E-state index contributed by atoms with van der Waals surface area (Å²) >= 11 is 0. The number of phenols is 1. The first-order valence-electron chi connectivity index (χ1n) is 8.43. The number of carboxylic acids is 1. The predicted octanol–water partition coefficient (Wildman–Crippen LogP) is 2.78. The van der Waals surface area contributed by atoms with Crippen molar-refractivity contribution in [2.45, 2.75) is 25.4 Å². The number of hydrogen-bond donors (Lipinski definition) is 4. The van der Waals surface area contributed by atoms with E-state index in [1.54, 1.807) is 6.92 Å². The molecule has 1 aliphatic rings. The standard InChI is InChI=1S/C19H17N3O5/c1-9-6-10(22(26)27)7-13(18(9)23)17-16-12(8-15(21-17)19(24)25)11-4-2-3-5-14(11)20-16/h2-7,15,17,20-21,23H,8H2,1H3,(H,24,25)/t15-,17-/m0/s1. The number of nitrogens with one attached hydrogen (secondary N) is 2. The Morgan fingerprint density at radius 1 is 1.30 bits per heavy atom. The zero-order valence-electron chi connectivity index (χ0n) is 14.4. The van der Waals surface area contributed by atoms with Gasteiger partial charge in [0, 0.05) is 40.7 Å². The first-order valence-corrected chi connectivity index (χ1v) is 8.43. The number of carboxylic acid groups (broad SMARTS) is 1. The first kappa shape index (κ1) is 17.0. The van der Waals surface area contributed by atoms with E-state index in [4.69, 9.17) is 0 Å². The number of aliphatic carboxylic acids is 1. The van der Waals surface area contributed by atoms with Crippen LogP contribution in [0.15, 0.2) is 36.4 Å². The third kappa shape index (κ3) is 2.70. The van der Waals surface area contributed by atoms with Gasteiger partial charge in [0.25, 0.3) is 5.69 Å². The van der Waals surface area contributed by atoms with E-state index < -0.39 is 23.0 Å². The lowest BCUT2D eigenvalue weighted by Gasteiger charge is -2.30. The lowest BCUT2D eigenvalue weighted by Crippen LogP contribution is -2.45. The molecule has 0 bridgehead atoms. The summed E-state index contributed by atoms with van der Waals surface area (Å²) in [5, 5.41) is 35.3. The Hall–Kier alpha value is -3.39. The molecule has 0 unspecified atom stereocenters. The van der Waals surface area contributed by atoms with Gasteiger partial charge in [-0.2, -0.15) is 0 Å². The van der Waals surface area contributed by atoms with Crippen molar-refractivity contribution in [1.29, 1.82) is 0 Å². The summed E-state index contributed by atoms with van der Waals surface area (Å²) in [6.45, 7) is 1.58. The number of benzene rings is 2. The molecule has 138 valence electrons. The van der Waals surface area contributed by atoms with Crippen LogP contribution in [0.3, 0.4) is 0 Å². The highest BCUT2D eigenvalue weighted by Gasteiger charge is 2.36. The smallest absolute Gasteiger partial charge is 0.321 e. The molecular formula is C19H17N3O5. The van der Waals surface area contributed by atoms with Crippen LogP contribution < -0.4 is 5.32 Å². The molecule has 1 aromatic heterocycles. The van der Waals surface area contributed by atoms with Crippen LogP contribution in [0.5, 0.6) is 5.75 Å². The zero-order valence-corrected chi connectivity index (χ0v) is 14.4. The predicted molar refractivity (Wildman–Crippen MR) is 97.9 cm³/mol. The maximum absolute atomic E-state index is 11.7. The molecule has 1 aliphatic heterocycles. The van der Waals surface area contributed by atoms with Gasteiger partial charge in [-0.05, 0) is 24.1 Å². The zero-order chi connectivity index (χ0) is 19.3. The number of aromatic nitrogens is 1. The number of phenolic OH excluding ortho intramolecular Hbond substituents is 1. The highest BCUT2D eigenvalue weighted by molar-refractivity contribution is 5.87. The molecule has 0 spiro atoms. The van der Waals surface area contributed by atoms with Crippen LogP contribution in [0.4, 0.5) is 5.69 Å². The largest absolute Gasteiger partial charge is 0.507 e. The summed E-state index contributed by atoms with van der Waals surface area (Å²) in [7, 11) is 0. The highest BCUT2D eigenvalue weighted by atomic mass is 16.6. The van der Waals surface area contributed by atoms with E-state index in [2.05, 4.69) is 10.3 Å². The molecule has 0 radical (unpaired) electrons. The third-order valence-corrected chi connectivity index (χ3v) is 5.05. The number of nitrogens with zero attached hydrogens (tertiary/aromatic N) is 1. The van der Waals surface area contributed by atoms with Crippen molar-refractivity contribution < 1.29 is 19.9 Å². The number of H-pyrrole nitrogens is 1. The lowest BCUT2D eigenvalue weighted by atomic mass is 9.89. The fourth-order valence-corrected chi connectivity index (χ4v) is 3.75. The molecule has 4 rings (SSSR count). The number of nitro benzene ring substituents is 1. The molecule has 4 N–H and O–H groups in total. The van der Waals surface area contributed by atoms with Crippen LogP contribution in [-0.2, 0) is 11.2 Å². The average Bonchev–Trinajstić information content (AvgIpc) is 3.01. The SMILES string of the molecule is Cc1cc([N+](=O)[O-])cc([C@@H]2N[C@H](C(=O)O)Cc3c2[nH]c2ccccc32)c1O. The number of hydrogen-bond acceptors (Lipinski definition) is 5. The van der Waals surface area contributed by atoms with Gasteiger partial charge < -0.3 is 15.2 Å². The van der Waals surface area contributed by atoms with Gasteiger partial charge in [0.1, 0.15) is 11.8 Å². The van der Waals surface area contributed by atoms with E-state index in [1.165, 1.54) is 12.1 Å². The second-order valence-electron chi connectivity index (χ2n) is 6.72. The van der Waals surface area contributed by atoms with Gasteiger partial charge in [-0.25, -0.2) is 0 Å². The fourth-order valence-electron chi connectivity index (χ4n) is 3.75. The molecule has 2 atom stereocenters. The van der Waals surface area contributed by atoms with Crippen molar-refractivity contribution in [3.8, 4) is 5.75 Å². The van der Waals surface area contributed by atoms with Crippen molar-refractivity contribution in [3.63, 3.8) is 0 Å². The van der Waals surface area contributed by atoms with Crippen molar-refractivity contribution >= 4 is 22.6 Å². The van der Waals surface area contributed by atoms with Gasteiger partial charge in [0.15, 0.2) is 0 Å². The molecule has 8 heteroatoms. The van der Waals surface area contributed by atoms with Gasteiger partial charge in [-0.1, -0.05) is 18.2 Å². The number of fused-ring (bicyclic) bond motifs is 3. The average molecular weight is 367 g/mol. The lowest BCUT2D eigenvalue weighted by molar-refractivity contribution is -0.385. The molecule has 2 aromatic carbocycles. The molecular weight excluding hydrogens is 350 g/mol. The summed E-state index contributed by atoms with van der Waals surface area (Å²) in [5.74, 6) is -1.11. The van der Waals surface area contributed by atoms with Gasteiger partial charge in [0.05, 0.1) is 11.0 Å². The van der Waals surface area contributed by atoms with Crippen molar-refractivity contribution in [1.82, 2.24) is 10.3 Å². The summed E-state index contributed by atoms with van der Waals surface area (Å²) in [6, 6.07) is 8.54. The topological polar surface area (TPSA) is 128 Å². The monoisotopic (exact) mass is 367 g/mol. The highest BCUT2D eigenvalue weighted by Crippen LogP contribution is 2.40. The second-order valence-corrected chi connectivity index (χ2v) is 6.72. The van der Waals surface area contributed by atoms with Crippen LogP contribution in [0.2, 0.25) is 0 Å². The first-order chi connectivity index (χ1) is 12.9. The normalized spacial score (nSPS) is 19.0. The van der Waals surface area contributed by atoms with Gasteiger partial charge >= 0.3 is 5.97 Å². The van der Waals surface area contributed by atoms with E-state index in [9.17, 15) is 25.1 Å². The molecule has 0 amide bonds. The van der Waals surface area contributed by atoms with Gasteiger partial charge in [-0.15, -0.1) is 0 Å². The summed E-state index contributed by atoms with van der Waals surface area (Å²) in [5.41, 5.74) is 2.88. The number of aryl methyl sites for hydroxylation is 1. The van der Waals surface area contributed by atoms with Crippen LogP contribution in [-0.4, -0.2) is 32.1 Å². The van der Waals surface area contributed by atoms with Crippen LogP contribution in [0.25, 0.3) is 10.9 Å². The number of aromatic amines is 1. The number of nitro groups is 1. The number of aromatic hydroxyl groups is 1. The molecule has 0 aliphatic carbocycles. The minimum absolute atomic E-state index is 0.0891. The Kier molecular flexibility index (Phi) is 3.85. The number of carbonyl (C=O) groups is 1. The van der Waals surface area contributed by atoms with E-state index in [0.29, 0.717) is 11.3 Å². The molecule has 0 fully saturated rings. The van der Waals surface area contributed by atoms with E-state index in [1.807, 2.05) is 24.3 Å². The van der Waals surface area contributed by atoms with Crippen molar-refractivity contribution in [2.24, 2.45) is 0 Å². The molecule has 0 saturated heterocycles. The summed E-state index contributed by atoms with van der Waals surface area (Å²) in [6.07, 6.45) is 0.278. The van der Waals surface area contributed by atoms with Crippen molar-refractivity contribution in [2.75, 3.05) is 0 Å². The summed E-state index contributed by atoms with van der Waals surface area (Å²) in [4.78, 5) is 25.7. The Bertz CT molecular complexity index is 1090. The Labute approximate surface area is 153 Å². The number of rotatable bonds is 3. The Morgan fingerprint density at radius 3 is 2.74 bits per heavy atom. The Morgan fingerprint density at radius 2 is 2.04 bits per heavy atom. The van der Waals surface area contributed by atoms with Crippen LogP contribution in [0.1, 0.15) is 28.4 Å². The second kappa shape index (κ2) is 6.10. The van der Waals surface area contributed by atoms with Gasteiger partial charge in [-0.3, -0.25) is 20.2 Å². The maximum Gasteiger partial charge on any atom is 0.321 e.